The molecule has 1 heterocycles. The van der Waals surface area contributed by atoms with Crippen LogP contribution in [0.1, 0.15) is 29.0 Å². The van der Waals surface area contributed by atoms with Gasteiger partial charge in [-0.1, -0.05) is 78.9 Å². The quantitative estimate of drug-likeness (QED) is 0.391. The molecule has 0 aromatic heterocycles. The lowest BCUT2D eigenvalue weighted by molar-refractivity contribution is -0.161. The highest BCUT2D eigenvalue weighted by Gasteiger charge is 2.48. The molecule has 9 nitrogen and oxygen atoms in total. The van der Waals surface area contributed by atoms with Gasteiger partial charge in [0.25, 0.3) is 0 Å². The standard InChI is InChI=1S/C32H35N3O6/c1-34(18-22-10-4-3-5-11-22)19-28(29(36)35-17-16-32(21-35,40-2)30(37)38)33-31(39)41-20-27-25-14-8-6-12-23(25)24-13-7-9-15-26(24)27/h3-15,27-28H,16-21H2,1-2H3,(H,33,39)(H,37,38). The summed E-state index contributed by atoms with van der Waals surface area (Å²) in [6.07, 6.45) is -0.531. The number of methoxy groups -OCH3 is 1. The van der Waals surface area contributed by atoms with E-state index in [1.165, 1.54) is 12.0 Å². The number of hydrogen-bond donors (Lipinski definition) is 2. The number of likely N-dealkylation sites (N-methyl/N-ethyl adjacent to an activating group) is 1. The molecule has 2 amide bonds. The van der Waals surface area contributed by atoms with Crippen LogP contribution >= 0.6 is 0 Å². The van der Waals surface area contributed by atoms with Gasteiger partial charge in [0, 0.05) is 39.1 Å². The predicted molar refractivity (Wildman–Crippen MR) is 153 cm³/mol. The number of nitrogens with zero attached hydrogens (tertiary/aromatic N) is 2. The Labute approximate surface area is 239 Å². The number of carbonyl (C=O) groups is 3. The molecule has 9 heteroatoms. The van der Waals surface area contributed by atoms with Crippen LogP contribution < -0.4 is 5.32 Å². The van der Waals surface area contributed by atoms with Crippen molar-refractivity contribution in [1.82, 2.24) is 15.1 Å². The van der Waals surface area contributed by atoms with Crippen molar-refractivity contribution in [2.24, 2.45) is 0 Å². The summed E-state index contributed by atoms with van der Waals surface area (Å²) < 4.78 is 11.0. The first-order valence-corrected chi connectivity index (χ1v) is 13.7. The molecule has 5 rings (SSSR count). The van der Waals surface area contributed by atoms with Crippen molar-refractivity contribution in [3.8, 4) is 11.1 Å². The number of carbonyl (C=O) groups excluding carboxylic acids is 2. The minimum Gasteiger partial charge on any atom is -0.479 e. The number of hydrogen-bond acceptors (Lipinski definition) is 6. The molecule has 0 radical (unpaired) electrons. The summed E-state index contributed by atoms with van der Waals surface area (Å²) in [6, 6.07) is 25.0. The van der Waals surface area contributed by atoms with E-state index in [1.807, 2.05) is 78.7 Å². The Morgan fingerprint density at radius 2 is 1.61 bits per heavy atom. The van der Waals surface area contributed by atoms with Gasteiger partial charge in [0.15, 0.2) is 5.60 Å². The average molecular weight is 558 g/mol. The van der Waals surface area contributed by atoms with Gasteiger partial charge in [0.1, 0.15) is 12.6 Å². The van der Waals surface area contributed by atoms with Crippen LogP contribution in [0.2, 0.25) is 0 Å². The number of ether oxygens (including phenoxy) is 2. The molecule has 2 N–H and O–H groups in total. The number of aliphatic carboxylic acids is 1. The summed E-state index contributed by atoms with van der Waals surface area (Å²) >= 11 is 0. The Morgan fingerprint density at radius 1 is 1.00 bits per heavy atom. The molecule has 1 aliphatic heterocycles. The van der Waals surface area contributed by atoms with Gasteiger partial charge < -0.3 is 24.8 Å². The molecule has 0 spiro atoms. The minimum atomic E-state index is -1.46. The Balaban J connectivity index is 1.29. The molecule has 0 saturated carbocycles. The van der Waals surface area contributed by atoms with E-state index in [0.717, 1.165) is 27.8 Å². The number of carboxylic acids is 1. The van der Waals surface area contributed by atoms with Gasteiger partial charge in [0.05, 0.1) is 6.54 Å². The highest BCUT2D eigenvalue weighted by molar-refractivity contribution is 5.88. The molecular weight excluding hydrogens is 522 g/mol. The van der Waals surface area contributed by atoms with Crippen molar-refractivity contribution < 1.29 is 29.0 Å². The normalized spacial score (nSPS) is 18.6. The monoisotopic (exact) mass is 557 g/mol. The zero-order chi connectivity index (χ0) is 29.0. The highest BCUT2D eigenvalue weighted by Crippen LogP contribution is 2.44. The van der Waals surface area contributed by atoms with Crippen LogP contribution in [0, 0.1) is 0 Å². The van der Waals surface area contributed by atoms with E-state index in [0.29, 0.717) is 6.54 Å². The second-order valence-electron chi connectivity index (χ2n) is 10.7. The molecule has 2 atom stereocenters. The van der Waals surface area contributed by atoms with Crippen molar-refractivity contribution in [2.45, 2.75) is 30.5 Å². The number of carboxylic acid groups (broad SMARTS) is 1. The summed E-state index contributed by atoms with van der Waals surface area (Å²) in [7, 11) is 3.20. The van der Waals surface area contributed by atoms with E-state index >= 15 is 0 Å². The number of alkyl carbamates (subject to hydrolysis) is 1. The Kier molecular flexibility index (Phi) is 8.37. The fourth-order valence-corrected chi connectivity index (χ4v) is 5.86. The maximum absolute atomic E-state index is 13.7. The second kappa shape index (κ2) is 12.1. The molecule has 1 fully saturated rings. The van der Waals surface area contributed by atoms with Crippen molar-refractivity contribution in [3.63, 3.8) is 0 Å². The molecule has 2 aliphatic rings. The van der Waals surface area contributed by atoms with Crippen LogP contribution in [0.15, 0.2) is 78.9 Å². The fourth-order valence-electron chi connectivity index (χ4n) is 5.86. The molecular formula is C32H35N3O6. The van der Waals surface area contributed by atoms with Gasteiger partial charge in [-0.25, -0.2) is 9.59 Å². The van der Waals surface area contributed by atoms with Gasteiger partial charge in [0.2, 0.25) is 5.91 Å². The number of amides is 2. The number of benzene rings is 3. The lowest BCUT2D eigenvalue weighted by atomic mass is 9.98. The van der Waals surface area contributed by atoms with Crippen molar-refractivity contribution in [3.05, 3.63) is 95.6 Å². The third kappa shape index (κ3) is 5.96. The smallest absolute Gasteiger partial charge is 0.407 e. The Bertz CT molecular complexity index is 1370. The maximum atomic E-state index is 13.7. The van der Waals surface area contributed by atoms with E-state index in [-0.39, 0.29) is 44.5 Å². The Hall–Kier alpha value is -4.21. The lowest BCUT2D eigenvalue weighted by Gasteiger charge is -2.29. The Morgan fingerprint density at radius 3 is 2.20 bits per heavy atom. The van der Waals surface area contributed by atoms with E-state index < -0.39 is 23.7 Å². The van der Waals surface area contributed by atoms with Crippen LogP contribution in [0.4, 0.5) is 4.79 Å². The first-order chi connectivity index (χ1) is 19.8. The number of fused-ring (bicyclic) bond motifs is 3. The van der Waals surface area contributed by atoms with Gasteiger partial charge in [-0.15, -0.1) is 0 Å². The molecule has 2 unspecified atom stereocenters. The lowest BCUT2D eigenvalue weighted by Crippen LogP contribution is -2.54. The minimum absolute atomic E-state index is 0.0943. The van der Waals surface area contributed by atoms with Crippen LogP contribution in [0.5, 0.6) is 0 Å². The van der Waals surface area contributed by atoms with Gasteiger partial charge in [-0.3, -0.25) is 9.69 Å². The number of nitrogens with one attached hydrogen (secondary N) is 1. The number of likely N-dealkylation sites (tertiary alicyclic amines) is 1. The average Bonchev–Trinajstić information content (AvgIpc) is 3.57. The third-order valence-corrected chi connectivity index (χ3v) is 8.05. The molecule has 1 aliphatic carbocycles. The molecule has 41 heavy (non-hydrogen) atoms. The summed E-state index contributed by atoms with van der Waals surface area (Å²) in [5.41, 5.74) is 4.05. The van der Waals surface area contributed by atoms with Crippen molar-refractivity contribution >= 4 is 18.0 Å². The summed E-state index contributed by atoms with van der Waals surface area (Å²) in [4.78, 5) is 42.1. The van der Waals surface area contributed by atoms with Crippen molar-refractivity contribution in [1.29, 1.82) is 0 Å². The van der Waals surface area contributed by atoms with Crippen molar-refractivity contribution in [2.75, 3.05) is 40.4 Å². The van der Waals surface area contributed by atoms with Gasteiger partial charge in [-0.2, -0.15) is 0 Å². The van der Waals surface area contributed by atoms with Crippen LogP contribution in [0.3, 0.4) is 0 Å². The molecule has 0 bridgehead atoms. The first kappa shape index (κ1) is 28.3. The highest BCUT2D eigenvalue weighted by atomic mass is 16.5. The van der Waals surface area contributed by atoms with Crippen LogP contribution in [-0.4, -0.2) is 84.9 Å². The first-order valence-electron chi connectivity index (χ1n) is 13.7. The molecule has 1 saturated heterocycles. The summed E-state index contributed by atoms with van der Waals surface area (Å²) in [6.45, 7) is 1.01. The molecule has 3 aromatic carbocycles. The van der Waals surface area contributed by atoms with E-state index in [2.05, 4.69) is 17.4 Å². The number of rotatable bonds is 10. The zero-order valence-electron chi connectivity index (χ0n) is 23.3. The molecule has 214 valence electrons. The largest absolute Gasteiger partial charge is 0.479 e. The molecule has 3 aromatic rings. The van der Waals surface area contributed by atoms with E-state index in [9.17, 15) is 19.5 Å². The zero-order valence-corrected chi connectivity index (χ0v) is 23.3. The van der Waals surface area contributed by atoms with E-state index in [4.69, 9.17) is 9.47 Å². The van der Waals surface area contributed by atoms with Gasteiger partial charge in [-0.05, 0) is 34.9 Å². The van der Waals surface area contributed by atoms with E-state index in [1.54, 1.807) is 0 Å². The second-order valence-corrected chi connectivity index (χ2v) is 10.7. The SMILES string of the molecule is COC1(C(=O)O)CCN(C(=O)C(CN(C)Cc2ccccc2)NC(=O)OCC2c3ccccc3-c3ccccc32)C1. The topological polar surface area (TPSA) is 108 Å². The summed E-state index contributed by atoms with van der Waals surface area (Å²) in [5.74, 6) is -1.60. The maximum Gasteiger partial charge on any atom is 0.407 e. The van der Waals surface area contributed by atoms with Crippen LogP contribution in [-0.2, 0) is 25.6 Å². The predicted octanol–water partition coefficient (Wildman–Crippen LogP) is 3.73. The van der Waals surface area contributed by atoms with Crippen LogP contribution in [0.25, 0.3) is 11.1 Å². The summed E-state index contributed by atoms with van der Waals surface area (Å²) in [5, 5.41) is 12.5. The van der Waals surface area contributed by atoms with Gasteiger partial charge >= 0.3 is 12.1 Å². The fraction of sp³-hybridized carbons (Fsp3) is 0.344. The third-order valence-electron chi connectivity index (χ3n) is 8.05.